The lowest BCUT2D eigenvalue weighted by molar-refractivity contribution is -0.130. The van der Waals surface area contributed by atoms with Gasteiger partial charge in [-0.25, -0.2) is 4.79 Å². The number of urea groups is 1. The SMILES string of the molecule is CCN1C(=O)NC(=O)C2C(CC(N)=O)CCSC21. The largest absolute Gasteiger partial charge is 0.370 e. The third-order valence-corrected chi connectivity index (χ3v) is 4.86. The smallest absolute Gasteiger partial charge is 0.324 e. The molecule has 4 amide bonds. The molecule has 0 bridgehead atoms. The van der Waals surface area contributed by atoms with Gasteiger partial charge in [0, 0.05) is 13.0 Å². The molecule has 0 aromatic carbocycles. The number of carbonyl (C=O) groups excluding carboxylic acids is 3. The van der Waals surface area contributed by atoms with Gasteiger partial charge in [-0.2, -0.15) is 0 Å². The van der Waals surface area contributed by atoms with E-state index in [0.29, 0.717) is 6.54 Å². The van der Waals surface area contributed by atoms with Crippen LogP contribution in [-0.4, -0.2) is 40.4 Å². The Bertz CT molecular complexity index is 388. The van der Waals surface area contributed by atoms with Crippen LogP contribution in [-0.2, 0) is 9.59 Å². The molecule has 7 heteroatoms. The summed E-state index contributed by atoms with van der Waals surface area (Å²) in [5.41, 5.74) is 5.23. The zero-order valence-corrected chi connectivity index (χ0v) is 11.0. The molecule has 0 aromatic rings. The highest BCUT2D eigenvalue weighted by Gasteiger charge is 2.47. The van der Waals surface area contributed by atoms with Crippen LogP contribution in [0.3, 0.4) is 0 Å². The number of primary amides is 1. The number of imide groups is 1. The van der Waals surface area contributed by atoms with Crippen LogP contribution in [0.2, 0.25) is 0 Å². The second kappa shape index (κ2) is 5.17. The first kappa shape index (κ1) is 13.2. The second-order valence-electron chi connectivity index (χ2n) is 4.59. The zero-order valence-electron chi connectivity index (χ0n) is 10.2. The molecule has 0 saturated carbocycles. The van der Waals surface area contributed by atoms with Crippen LogP contribution >= 0.6 is 11.8 Å². The quantitative estimate of drug-likeness (QED) is 0.763. The van der Waals surface area contributed by atoms with Crippen LogP contribution < -0.4 is 11.1 Å². The van der Waals surface area contributed by atoms with Gasteiger partial charge in [0.1, 0.15) is 0 Å². The van der Waals surface area contributed by atoms with Crippen molar-refractivity contribution in [1.82, 2.24) is 10.2 Å². The predicted molar refractivity (Wildman–Crippen MR) is 67.6 cm³/mol. The van der Waals surface area contributed by atoms with Crippen molar-refractivity contribution in [3.8, 4) is 0 Å². The lowest BCUT2D eigenvalue weighted by Gasteiger charge is -2.45. The number of hydrogen-bond donors (Lipinski definition) is 2. The number of nitrogens with one attached hydrogen (secondary N) is 1. The predicted octanol–water partition coefficient (Wildman–Crippen LogP) is 0.129. The summed E-state index contributed by atoms with van der Waals surface area (Å²) in [5, 5.41) is 2.21. The number of nitrogens with zero attached hydrogens (tertiary/aromatic N) is 1. The number of hydrogen-bond acceptors (Lipinski definition) is 4. The highest BCUT2D eigenvalue weighted by Crippen LogP contribution is 2.40. The van der Waals surface area contributed by atoms with E-state index in [4.69, 9.17) is 5.73 Å². The molecular formula is C11H17N3O3S. The average Bonchev–Trinajstić information content (AvgIpc) is 2.28. The normalized spacial score (nSPS) is 31.8. The third kappa shape index (κ3) is 2.31. The Labute approximate surface area is 110 Å². The van der Waals surface area contributed by atoms with Gasteiger partial charge in [-0.1, -0.05) is 0 Å². The maximum Gasteiger partial charge on any atom is 0.324 e. The van der Waals surface area contributed by atoms with Gasteiger partial charge in [-0.15, -0.1) is 11.8 Å². The summed E-state index contributed by atoms with van der Waals surface area (Å²) in [5.74, 6) is -0.202. The standard InChI is InChI=1S/C11H17N3O3S/c1-2-14-10-8(9(16)13-11(14)17)6(3-4-18-10)5-7(12)15/h6,8,10H,2-5H2,1H3,(H2,12,15)(H,13,16,17). The molecule has 18 heavy (non-hydrogen) atoms. The van der Waals surface area contributed by atoms with Gasteiger partial charge in [-0.3, -0.25) is 14.9 Å². The van der Waals surface area contributed by atoms with Crippen LogP contribution in [0.25, 0.3) is 0 Å². The molecule has 6 nitrogen and oxygen atoms in total. The minimum Gasteiger partial charge on any atom is -0.370 e. The number of carbonyl (C=O) groups is 3. The number of amides is 4. The molecular weight excluding hydrogens is 254 g/mol. The van der Waals surface area contributed by atoms with Crippen LogP contribution in [0.15, 0.2) is 0 Å². The molecule has 2 heterocycles. The lowest BCUT2D eigenvalue weighted by Crippen LogP contribution is -2.62. The van der Waals surface area contributed by atoms with Gasteiger partial charge >= 0.3 is 6.03 Å². The van der Waals surface area contributed by atoms with E-state index < -0.39 is 5.91 Å². The van der Waals surface area contributed by atoms with Crippen molar-refractivity contribution < 1.29 is 14.4 Å². The van der Waals surface area contributed by atoms with Gasteiger partial charge in [-0.05, 0) is 25.0 Å². The summed E-state index contributed by atoms with van der Waals surface area (Å²) in [7, 11) is 0. The van der Waals surface area contributed by atoms with E-state index >= 15 is 0 Å². The highest BCUT2D eigenvalue weighted by atomic mass is 32.2. The van der Waals surface area contributed by atoms with Crippen molar-refractivity contribution in [2.24, 2.45) is 17.6 Å². The third-order valence-electron chi connectivity index (χ3n) is 3.50. The molecule has 2 fully saturated rings. The summed E-state index contributed by atoms with van der Waals surface area (Å²) in [4.78, 5) is 36.4. The number of rotatable bonds is 3. The maximum atomic E-state index is 12.0. The molecule has 3 atom stereocenters. The molecule has 3 unspecified atom stereocenters. The summed E-state index contributed by atoms with van der Waals surface area (Å²) in [6.07, 6.45) is 0.995. The Balaban J connectivity index is 2.22. The number of fused-ring (bicyclic) bond motifs is 1. The van der Waals surface area contributed by atoms with Crippen LogP contribution in [0.4, 0.5) is 4.79 Å². The summed E-state index contributed by atoms with van der Waals surface area (Å²) in [6, 6.07) is -0.337. The van der Waals surface area contributed by atoms with E-state index in [-0.39, 0.29) is 35.6 Å². The van der Waals surface area contributed by atoms with Gasteiger partial charge in [0.25, 0.3) is 0 Å². The minimum absolute atomic E-state index is 0.0594. The molecule has 3 N–H and O–H groups in total. The molecule has 0 radical (unpaired) electrons. The fraction of sp³-hybridized carbons (Fsp3) is 0.727. The Kier molecular flexibility index (Phi) is 3.79. The van der Waals surface area contributed by atoms with Gasteiger partial charge in [0.05, 0.1) is 11.3 Å². The summed E-state index contributed by atoms with van der Waals surface area (Å²) >= 11 is 1.61. The van der Waals surface area contributed by atoms with Crippen molar-refractivity contribution in [2.45, 2.75) is 25.1 Å². The zero-order chi connectivity index (χ0) is 13.3. The van der Waals surface area contributed by atoms with E-state index in [1.807, 2.05) is 6.92 Å². The fourth-order valence-electron chi connectivity index (χ4n) is 2.67. The van der Waals surface area contributed by atoms with E-state index in [0.717, 1.165) is 12.2 Å². The molecule has 2 aliphatic rings. The molecule has 2 saturated heterocycles. The van der Waals surface area contributed by atoms with Gasteiger partial charge in [0.2, 0.25) is 11.8 Å². The first-order valence-electron chi connectivity index (χ1n) is 6.06. The molecule has 0 aromatic heterocycles. The number of nitrogens with two attached hydrogens (primary N) is 1. The molecule has 0 aliphatic carbocycles. The summed E-state index contributed by atoms with van der Waals surface area (Å²) in [6.45, 7) is 2.43. The number of thioether (sulfide) groups is 1. The average molecular weight is 271 g/mol. The Morgan fingerprint density at radius 2 is 2.28 bits per heavy atom. The second-order valence-corrected chi connectivity index (χ2v) is 5.81. The fourth-order valence-corrected chi connectivity index (χ4v) is 4.33. The minimum atomic E-state index is -0.390. The van der Waals surface area contributed by atoms with Gasteiger partial charge in [0.15, 0.2) is 0 Å². The summed E-state index contributed by atoms with van der Waals surface area (Å²) < 4.78 is 0. The lowest BCUT2D eigenvalue weighted by atomic mass is 9.84. The van der Waals surface area contributed by atoms with Crippen molar-refractivity contribution in [1.29, 1.82) is 0 Å². The van der Waals surface area contributed by atoms with Crippen molar-refractivity contribution >= 4 is 29.6 Å². The van der Waals surface area contributed by atoms with E-state index in [1.54, 1.807) is 16.7 Å². The van der Waals surface area contributed by atoms with Crippen molar-refractivity contribution in [3.05, 3.63) is 0 Å². The topological polar surface area (TPSA) is 92.5 Å². The molecule has 2 rings (SSSR count). The monoisotopic (exact) mass is 271 g/mol. The highest BCUT2D eigenvalue weighted by molar-refractivity contribution is 7.99. The van der Waals surface area contributed by atoms with Crippen LogP contribution in [0, 0.1) is 11.8 Å². The molecule has 0 spiro atoms. The first-order chi connectivity index (χ1) is 8.54. The van der Waals surface area contributed by atoms with E-state index in [9.17, 15) is 14.4 Å². The van der Waals surface area contributed by atoms with E-state index in [1.165, 1.54) is 0 Å². The molecule has 100 valence electrons. The van der Waals surface area contributed by atoms with Crippen LogP contribution in [0.5, 0.6) is 0 Å². The van der Waals surface area contributed by atoms with E-state index in [2.05, 4.69) is 5.32 Å². The Morgan fingerprint density at radius 1 is 1.56 bits per heavy atom. The van der Waals surface area contributed by atoms with Crippen LogP contribution in [0.1, 0.15) is 19.8 Å². The Morgan fingerprint density at radius 3 is 2.89 bits per heavy atom. The first-order valence-corrected chi connectivity index (χ1v) is 7.10. The molecule has 2 aliphatic heterocycles. The van der Waals surface area contributed by atoms with Gasteiger partial charge < -0.3 is 10.6 Å². The maximum absolute atomic E-state index is 12.0. The van der Waals surface area contributed by atoms with Crippen molar-refractivity contribution in [2.75, 3.05) is 12.3 Å². The van der Waals surface area contributed by atoms with Crippen molar-refractivity contribution in [3.63, 3.8) is 0 Å². The Hall–Kier alpha value is -1.24.